The normalized spacial score (nSPS) is 10.8. The van der Waals surface area contributed by atoms with E-state index in [0.717, 1.165) is 12.3 Å². The Labute approximate surface area is 103 Å². The van der Waals surface area contributed by atoms with E-state index >= 15 is 0 Å². The zero-order chi connectivity index (χ0) is 12.3. The topological polar surface area (TPSA) is 21.3 Å². The van der Waals surface area contributed by atoms with Crippen LogP contribution in [0.25, 0.3) is 10.8 Å². The Bertz CT molecular complexity index is 505. The Balaban J connectivity index is 2.54. The molecule has 17 heavy (non-hydrogen) atoms. The maximum Gasteiger partial charge on any atom is 0.127 e. The van der Waals surface area contributed by atoms with Crippen molar-refractivity contribution < 1.29 is 4.74 Å². The van der Waals surface area contributed by atoms with Crippen molar-refractivity contribution in [3.8, 4) is 5.75 Å². The molecule has 0 aliphatic rings. The van der Waals surface area contributed by atoms with Gasteiger partial charge in [0.1, 0.15) is 5.75 Å². The van der Waals surface area contributed by atoms with E-state index in [1.165, 1.54) is 16.5 Å². The number of nitrogens with one attached hydrogen (secondary N) is 1. The Morgan fingerprint density at radius 2 is 1.76 bits per heavy atom. The van der Waals surface area contributed by atoms with E-state index in [1.54, 1.807) is 0 Å². The fraction of sp³-hybridized carbons (Fsp3) is 0.333. The molecule has 0 aliphatic carbocycles. The molecule has 2 aromatic rings. The molecule has 90 valence electrons. The second kappa shape index (κ2) is 5.09. The third-order valence-corrected chi connectivity index (χ3v) is 2.61. The lowest BCUT2D eigenvalue weighted by Crippen LogP contribution is -2.06. The summed E-state index contributed by atoms with van der Waals surface area (Å²) in [5.74, 6) is 0.956. The molecule has 0 atom stereocenters. The number of hydrogen-bond acceptors (Lipinski definition) is 2. The smallest absolute Gasteiger partial charge is 0.127 e. The van der Waals surface area contributed by atoms with Crippen molar-refractivity contribution in [2.45, 2.75) is 26.9 Å². The van der Waals surface area contributed by atoms with E-state index in [9.17, 15) is 0 Å². The summed E-state index contributed by atoms with van der Waals surface area (Å²) in [7, 11) is 0. The zero-order valence-corrected chi connectivity index (χ0v) is 10.7. The molecule has 0 saturated carbocycles. The van der Waals surface area contributed by atoms with E-state index in [1.807, 2.05) is 26.0 Å². The van der Waals surface area contributed by atoms with Crippen LogP contribution in [0.5, 0.6) is 5.75 Å². The van der Waals surface area contributed by atoms with E-state index in [2.05, 4.69) is 36.5 Å². The SMILES string of the molecule is CCNc1ccc(OC(C)C)c2ccccc12. The molecule has 0 radical (unpaired) electrons. The van der Waals surface area contributed by atoms with Gasteiger partial charge in [0.2, 0.25) is 0 Å². The highest BCUT2D eigenvalue weighted by atomic mass is 16.5. The number of ether oxygens (including phenoxy) is 1. The summed E-state index contributed by atoms with van der Waals surface area (Å²) in [6.07, 6.45) is 0.198. The van der Waals surface area contributed by atoms with E-state index in [4.69, 9.17) is 4.74 Å². The summed E-state index contributed by atoms with van der Waals surface area (Å²) < 4.78 is 5.83. The molecular formula is C15H19NO. The Morgan fingerprint density at radius 1 is 1.06 bits per heavy atom. The monoisotopic (exact) mass is 229 g/mol. The van der Waals surface area contributed by atoms with Gasteiger partial charge in [-0.3, -0.25) is 0 Å². The highest BCUT2D eigenvalue weighted by Crippen LogP contribution is 2.31. The Kier molecular flexibility index (Phi) is 3.52. The van der Waals surface area contributed by atoms with Crippen LogP contribution in [0.15, 0.2) is 36.4 Å². The van der Waals surface area contributed by atoms with E-state index < -0.39 is 0 Å². The average molecular weight is 229 g/mol. The first-order chi connectivity index (χ1) is 8.22. The van der Waals surface area contributed by atoms with Crippen LogP contribution >= 0.6 is 0 Å². The van der Waals surface area contributed by atoms with Gasteiger partial charge in [0.25, 0.3) is 0 Å². The lowest BCUT2D eigenvalue weighted by Gasteiger charge is -2.15. The summed E-state index contributed by atoms with van der Waals surface area (Å²) >= 11 is 0. The summed E-state index contributed by atoms with van der Waals surface area (Å²) in [6, 6.07) is 12.5. The highest BCUT2D eigenvalue weighted by Gasteiger charge is 2.06. The average Bonchev–Trinajstić information content (AvgIpc) is 2.32. The van der Waals surface area contributed by atoms with Crippen LogP contribution in [0.3, 0.4) is 0 Å². The Morgan fingerprint density at radius 3 is 2.41 bits per heavy atom. The van der Waals surface area contributed by atoms with Gasteiger partial charge in [-0.1, -0.05) is 24.3 Å². The van der Waals surface area contributed by atoms with Crippen molar-refractivity contribution >= 4 is 16.5 Å². The van der Waals surface area contributed by atoms with Crippen molar-refractivity contribution in [3.05, 3.63) is 36.4 Å². The molecule has 0 spiro atoms. The fourth-order valence-electron chi connectivity index (χ4n) is 1.97. The summed E-state index contributed by atoms with van der Waals surface area (Å²) in [4.78, 5) is 0. The predicted octanol–water partition coefficient (Wildman–Crippen LogP) is 4.06. The van der Waals surface area contributed by atoms with Crippen LogP contribution in [0.1, 0.15) is 20.8 Å². The fourth-order valence-corrected chi connectivity index (χ4v) is 1.97. The molecule has 1 N–H and O–H groups in total. The second-order valence-corrected chi connectivity index (χ2v) is 4.35. The number of fused-ring (bicyclic) bond motifs is 1. The standard InChI is InChI=1S/C15H19NO/c1-4-16-14-9-10-15(17-11(2)3)13-8-6-5-7-12(13)14/h5-11,16H,4H2,1-3H3. The van der Waals surface area contributed by atoms with Crippen molar-refractivity contribution in [3.63, 3.8) is 0 Å². The minimum Gasteiger partial charge on any atom is -0.490 e. The van der Waals surface area contributed by atoms with E-state index in [0.29, 0.717) is 0 Å². The van der Waals surface area contributed by atoms with Gasteiger partial charge in [-0.25, -0.2) is 0 Å². The molecule has 2 nitrogen and oxygen atoms in total. The maximum atomic E-state index is 5.83. The van der Waals surface area contributed by atoms with Crippen LogP contribution in [0.4, 0.5) is 5.69 Å². The van der Waals surface area contributed by atoms with Gasteiger partial charge in [0.15, 0.2) is 0 Å². The molecule has 2 heteroatoms. The van der Waals surface area contributed by atoms with Gasteiger partial charge in [-0.15, -0.1) is 0 Å². The molecule has 0 fully saturated rings. The van der Waals surface area contributed by atoms with Gasteiger partial charge < -0.3 is 10.1 Å². The molecule has 0 amide bonds. The van der Waals surface area contributed by atoms with Crippen LogP contribution in [-0.4, -0.2) is 12.6 Å². The number of anilines is 1. The minimum absolute atomic E-state index is 0.198. The number of benzene rings is 2. The van der Waals surface area contributed by atoms with Gasteiger partial charge in [-0.05, 0) is 32.9 Å². The molecular weight excluding hydrogens is 210 g/mol. The lowest BCUT2D eigenvalue weighted by molar-refractivity contribution is 0.245. The van der Waals surface area contributed by atoms with Crippen LogP contribution < -0.4 is 10.1 Å². The molecule has 2 aromatic carbocycles. The van der Waals surface area contributed by atoms with Gasteiger partial charge in [0, 0.05) is 23.0 Å². The van der Waals surface area contributed by atoms with Crippen molar-refractivity contribution in [2.75, 3.05) is 11.9 Å². The summed E-state index contributed by atoms with van der Waals surface area (Å²) in [5, 5.41) is 5.76. The van der Waals surface area contributed by atoms with Crippen molar-refractivity contribution in [1.82, 2.24) is 0 Å². The summed E-state index contributed by atoms with van der Waals surface area (Å²) in [6.45, 7) is 7.13. The quantitative estimate of drug-likeness (QED) is 0.853. The van der Waals surface area contributed by atoms with Crippen LogP contribution in [0, 0.1) is 0 Å². The first kappa shape index (κ1) is 11.8. The van der Waals surface area contributed by atoms with Crippen molar-refractivity contribution in [2.24, 2.45) is 0 Å². The molecule has 0 aliphatic heterocycles. The second-order valence-electron chi connectivity index (χ2n) is 4.35. The number of rotatable bonds is 4. The maximum absolute atomic E-state index is 5.83. The Hall–Kier alpha value is -1.70. The molecule has 0 bridgehead atoms. The van der Waals surface area contributed by atoms with Crippen LogP contribution in [-0.2, 0) is 0 Å². The van der Waals surface area contributed by atoms with E-state index in [-0.39, 0.29) is 6.10 Å². The summed E-state index contributed by atoms with van der Waals surface area (Å²) in [5.41, 5.74) is 1.17. The molecule has 0 heterocycles. The first-order valence-corrected chi connectivity index (χ1v) is 6.14. The highest BCUT2D eigenvalue weighted by molar-refractivity contribution is 5.97. The first-order valence-electron chi connectivity index (χ1n) is 6.14. The molecule has 0 aromatic heterocycles. The van der Waals surface area contributed by atoms with Gasteiger partial charge in [0.05, 0.1) is 6.10 Å². The number of hydrogen-bond donors (Lipinski definition) is 1. The largest absolute Gasteiger partial charge is 0.490 e. The third kappa shape index (κ3) is 2.52. The van der Waals surface area contributed by atoms with Gasteiger partial charge in [-0.2, -0.15) is 0 Å². The van der Waals surface area contributed by atoms with Crippen molar-refractivity contribution in [1.29, 1.82) is 0 Å². The lowest BCUT2D eigenvalue weighted by atomic mass is 10.1. The predicted molar refractivity (Wildman–Crippen MR) is 73.9 cm³/mol. The van der Waals surface area contributed by atoms with Gasteiger partial charge >= 0.3 is 0 Å². The third-order valence-electron chi connectivity index (χ3n) is 2.61. The molecule has 2 rings (SSSR count). The molecule has 0 unspecified atom stereocenters. The molecule has 0 saturated heterocycles. The zero-order valence-electron chi connectivity index (χ0n) is 10.7. The minimum atomic E-state index is 0.198. The van der Waals surface area contributed by atoms with Crippen LogP contribution in [0.2, 0.25) is 0 Å².